The van der Waals surface area contributed by atoms with Crippen LogP contribution in [0.5, 0.6) is 0 Å². The van der Waals surface area contributed by atoms with Crippen molar-refractivity contribution in [3.63, 3.8) is 0 Å². The van der Waals surface area contributed by atoms with Gasteiger partial charge in [0.25, 0.3) is 0 Å². The minimum Gasteiger partial charge on any atom is -0.480 e. The van der Waals surface area contributed by atoms with Gasteiger partial charge in [-0.1, -0.05) is 19.8 Å². The van der Waals surface area contributed by atoms with Crippen molar-refractivity contribution < 1.29 is 14.7 Å². The van der Waals surface area contributed by atoms with E-state index < -0.39 is 18.0 Å². The Morgan fingerprint density at radius 2 is 2.33 bits per heavy atom. The zero-order valence-corrected chi connectivity index (χ0v) is 10.3. The number of unbranched alkanes of at least 4 members (excludes halogenated alkanes) is 1. The summed E-state index contributed by atoms with van der Waals surface area (Å²) in [5.41, 5.74) is 0.825. The Hall–Kier alpha value is -2.05. The van der Waals surface area contributed by atoms with E-state index >= 15 is 0 Å². The summed E-state index contributed by atoms with van der Waals surface area (Å²) in [6.07, 6.45) is 5.34. The summed E-state index contributed by atoms with van der Waals surface area (Å²) in [5.74, 6) is -1.01. The molecule has 18 heavy (non-hydrogen) atoms. The van der Waals surface area contributed by atoms with E-state index in [4.69, 9.17) is 5.11 Å². The Balaban J connectivity index is 2.34. The van der Waals surface area contributed by atoms with E-state index in [1.165, 1.54) is 0 Å². The lowest BCUT2D eigenvalue weighted by Gasteiger charge is -2.14. The average molecular weight is 254 g/mol. The lowest BCUT2D eigenvalue weighted by molar-refractivity contribution is -0.139. The van der Waals surface area contributed by atoms with Gasteiger partial charge in [-0.25, -0.2) is 9.59 Å². The molecule has 2 amide bonds. The van der Waals surface area contributed by atoms with Crippen LogP contribution in [0.2, 0.25) is 0 Å². The highest BCUT2D eigenvalue weighted by molar-refractivity contribution is 5.82. The summed E-state index contributed by atoms with van der Waals surface area (Å²) in [7, 11) is 0. The van der Waals surface area contributed by atoms with Crippen LogP contribution in [-0.4, -0.2) is 33.3 Å². The van der Waals surface area contributed by atoms with E-state index in [1.807, 2.05) is 6.92 Å². The maximum Gasteiger partial charge on any atom is 0.326 e. The SMILES string of the molecule is CCCC[C@H](NC(=O)NCc1cn[nH]c1)C(=O)O. The predicted octanol–water partition coefficient (Wildman–Crippen LogP) is 0.852. The van der Waals surface area contributed by atoms with Crippen LogP contribution >= 0.6 is 0 Å². The molecule has 1 rings (SSSR count). The molecule has 4 N–H and O–H groups in total. The molecule has 0 spiro atoms. The van der Waals surface area contributed by atoms with Crippen LogP contribution in [0, 0.1) is 0 Å². The molecule has 1 heterocycles. The summed E-state index contributed by atoms with van der Waals surface area (Å²) in [5, 5.41) is 20.3. The molecule has 100 valence electrons. The van der Waals surface area contributed by atoms with E-state index in [0.29, 0.717) is 13.0 Å². The number of carboxylic acid groups (broad SMARTS) is 1. The third-order valence-electron chi connectivity index (χ3n) is 2.46. The van der Waals surface area contributed by atoms with Crippen molar-refractivity contribution in [3.05, 3.63) is 18.0 Å². The highest BCUT2D eigenvalue weighted by Gasteiger charge is 2.18. The first kappa shape index (κ1) is 14.0. The number of carbonyl (C=O) groups is 2. The molecular weight excluding hydrogens is 236 g/mol. The third kappa shape index (κ3) is 4.86. The van der Waals surface area contributed by atoms with Crippen LogP contribution in [0.3, 0.4) is 0 Å². The molecular formula is C11H18N4O3. The summed E-state index contributed by atoms with van der Waals surface area (Å²) >= 11 is 0. The van der Waals surface area contributed by atoms with Crippen molar-refractivity contribution in [2.75, 3.05) is 0 Å². The van der Waals surface area contributed by atoms with Crippen LogP contribution in [0.25, 0.3) is 0 Å². The topological polar surface area (TPSA) is 107 Å². The summed E-state index contributed by atoms with van der Waals surface area (Å²) < 4.78 is 0. The van der Waals surface area contributed by atoms with Crippen molar-refractivity contribution in [1.82, 2.24) is 20.8 Å². The molecule has 0 aromatic carbocycles. The summed E-state index contributed by atoms with van der Waals surface area (Å²) in [4.78, 5) is 22.4. The number of urea groups is 1. The van der Waals surface area contributed by atoms with Gasteiger partial charge in [0.1, 0.15) is 6.04 Å². The number of carboxylic acids is 1. The first-order valence-corrected chi connectivity index (χ1v) is 5.88. The number of carbonyl (C=O) groups excluding carboxylic acids is 1. The minimum absolute atomic E-state index is 0.308. The average Bonchev–Trinajstić information content (AvgIpc) is 2.84. The van der Waals surface area contributed by atoms with Crippen molar-refractivity contribution in [1.29, 1.82) is 0 Å². The normalized spacial score (nSPS) is 11.8. The number of hydrogen-bond acceptors (Lipinski definition) is 3. The molecule has 0 unspecified atom stereocenters. The first-order valence-electron chi connectivity index (χ1n) is 5.88. The van der Waals surface area contributed by atoms with Gasteiger partial charge in [0.05, 0.1) is 6.20 Å². The zero-order chi connectivity index (χ0) is 13.4. The first-order chi connectivity index (χ1) is 8.63. The van der Waals surface area contributed by atoms with E-state index in [-0.39, 0.29) is 0 Å². The number of rotatable bonds is 7. The molecule has 7 heteroatoms. The van der Waals surface area contributed by atoms with E-state index in [9.17, 15) is 9.59 Å². The Morgan fingerprint density at radius 3 is 2.89 bits per heavy atom. The highest BCUT2D eigenvalue weighted by atomic mass is 16.4. The second-order valence-corrected chi connectivity index (χ2v) is 3.97. The zero-order valence-electron chi connectivity index (χ0n) is 10.3. The number of hydrogen-bond donors (Lipinski definition) is 4. The lowest BCUT2D eigenvalue weighted by atomic mass is 10.1. The number of amides is 2. The van der Waals surface area contributed by atoms with Crippen molar-refractivity contribution in [2.45, 2.75) is 38.8 Å². The maximum atomic E-state index is 11.5. The summed E-state index contributed by atoms with van der Waals surface area (Å²) in [6, 6.07) is -1.32. The quantitative estimate of drug-likeness (QED) is 0.578. The Kier molecular flexibility index (Phi) is 5.69. The Labute approximate surface area is 105 Å². The van der Waals surface area contributed by atoms with Gasteiger partial charge in [-0.2, -0.15) is 5.10 Å². The molecule has 0 fully saturated rings. The van der Waals surface area contributed by atoms with Crippen LogP contribution < -0.4 is 10.6 Å². The van der Waals surface area contributed by atoms with E-state index in [1.54, 1.807) is 12.4 Å². The molecule has 0 radical (unpaired) electrons. The molecule has 0 aliphatic carbocycles. The molecule has 1 atom stereocenters. The second-order valence-electron chi connectivity index (χ2n) is 3.97. The van der Waals surface area contributed by atoms with Crippen molar-refractivity contribution in [3.8, 4) is 0 Å². The van der Waals surface area contributed by atoms with Crippen molar-refractivity contribution >= 4 is 12.0 Å². The van der Waals surface area contributed by atoms with Gasteiger partial charge in [-0.05, 0) is 6.42 Å². The number of H-pyrrole nitrogens is 1. The molecule has 0 aliphatic rings. The summed E-state index contributed by atoms with van der Waals surface area (Å²) in [6.45, 7) is 2.28. The van der Waals surface area contributed by atoms with Gasteiger partial charge < -0.3 is 15.7 Å². The lowest BCUT2D eigenvalue weighted by Crippen LogP contribution is -2.45. The maximum absolute atomic E-state index is 11.5. The monoisotopic (exact) mass is 254 g/mol. The number of nitrogens with one attached hydrogen (secondary N) is 3. The van der Waals surface area contributed by atoms with E-state index in [2.05, 4.69) is 20.8 Å². The third-order valence-corrected chi connectivity index (χ3v) is 2.46. The van der Waals surface area contributed by atoms with Crippen LogP contribution in [-0.2, 0) is 11.3 Å². The number of aromatic nitrogens is 2. The molecule has 1 aromatic heterocycles. The number of aliphatic carboxylic acids is 1. The molecule has 0 saturated carbocycles. The second kappa shape index (κ2) is 7.31. The van der Waals surface area contributed by atoms with Gasteiger partial charge in [0.15, 0.2) is 0 Å². The van der Waals surface area contributed by atoms with Crippen LogP contribution in [0.4, 0.5) is 4.79 Å². The minimum atomic E-state index is -1.01. The van der Waals surface area contributed by atoms with Gasteiger partial charge >= 0.3 is 12.0 Å². The van der Waals surface area contributed by atoms with Gasteiger partial charge in [0.2, 0.25) is 0 Å². The largest absolute Gasteiger partial charge is 0.480 e. The predicted molar refractivity (Wildman–Crippen MR) is 64.9 cm³/mol. The number of nitrogens with zero attached hydrogens (tertiary/aromatic N) is 1. The molecule has 1 aromatic rings. The van der Waals surface area contributed by atoms with Gasteiger partial charge in [-0.3, -0.25) is 5.10 Å². The highest BCUT2D eigenvalue weighted by Crippen LogP contribution is 2.01. The van der Waals surface area contributed by atoms with Gasteiger partial charge in [-0.15, -0.1) is 0 Å². The molecule has 0 aliphatic heterocycles. The molecule has 0 bridgehead atoms. The smallest absolute Gasteiger partial charge is 0.326 e. The van der Waals surface area contributed by atoms with Gasteiger partial charge in [0, 0.05) is 18.3 Å². The van der Waals surface area contributed by atoms with Crippen LogP contribution in [0.15, 0.2) is 12.4 Å². The molecule has 7 nitrogen and oxygen atoms in total. The van der Waals surface area contributed by atoms with Crippen LogP contribution in [0.1, 0.15) is 31.7 Å². The fraction of sp³-hybridized carbons (Fsp3) is 0.545. The van der Waals surface area contributed by atoms with Crippen molar-refractivity contribution in [2.24, 2.45) is 0 Å². The fourth-order valence-electron chi connectivity index (χ4n) is 1.43. The Bertz CT molecular complexity index is 378. The fourth-order valence-corrected chi connectivity index (χ4v) is 1.43. The number of aromatic amines is 1. The Morgan fingerprint density at radius 1 is 1.56 bits per heavy atom. The standard InChI is InChI=1S/C11H18N4O3/c1-2-3-4-9(10(16)17)15-11(18)12-5-8-6-13-14-7-8/h6-7,9H,2-5H2,1H3,(H,13,14)(H,16,17)(H2,12,15,18)/t9-/m0/s1. The molecule has 0 saturated heterocycles. The van der Waals surface area contributed by atoms with E-state index in [0.717, 1.165) is 18.4 Å².